The Hall–Kier alpha value is -1.30. The van der Waals surface area contributed by atoms with Crippen molar-refractivity contribution in [1.82, 2.24) is 4.90 Å². The van der Waals surface area contributed by atoms with Crippen LogP contribution in [-0.2, 0) is 19.0 Å². The Morgan fingerprint density at radius 1 is 1.26 bits per heavy atom. The number of esters is 1. The molecule has 19 heavy (non-hydrogen) atoms. The molecule has 1 amide bonds. The van der Waals surface area contributed by atoms with E-state index in [-0.39, 0.29) is 5.92 Å². The maximum atomic E-state index is 12.1. The molecule has 0 aromatic rings. The van der Waals surface area contributed by atoms with Gasteiger partial charge in [0.05, 0.1) is 13.7 Å². The normalized spacial score (nSPS) is 23.3. The van der Waals surface area contributed by atoms with Gasteiger partial charge in [-0.25, -0.2) is 9.59 Å². The lowest BCUT2D eigenvalue weighted by atomic mass is 10.1. The summed E-state index contributed by atoms with van der Waals surface area (Å²) in [4.78, 5) is 25.3. The van der Waals surface area contributed by atoms with Crippen LogP contribution < -0.4 is 0 Å². The molecule has 1 saturated heterocycles. The Balaban J connectivity index is 2.76. The fraction of sp³-hybridized carbons (Fsp3) is 0.846. The van der Waals surface area contributed by atoms with Crippen LogP contribution in [0.4, 0.5) is 4.79 Å². The highest BCUT2D eigenvalue weighted by Gasteiger charge is 2.42. The Kier molecular flexibility index (Phi) is 5.17. The topological polar surface area (TPSA) is 65.1 Å². The minimum atomic E-state index is -0.586. The van der Waals surface area contributed by atoms with E-state index >= 15 is 0 Å². The monoisotopic (exact) mass is 273 g/mol. The molecule has 1 aliphatic rings. The molecule has 6 heteroatoms. The molecule has 0 radical (unpaired) electrons. The minimum Gasteiger partial charge on any atom is -0.467 e. The van der Waals surface area contributed by atoms with E-state index in [1.807, 2.05) is 0 Å². The summed E-state index contributed by atoms with van der Waals surface area (Å²) in [5.41, 5.74) is -0.586. The van der Waals surface area contributed by atoms with Crippen molar-refractivity contribution in [2.24, 2.45) is 5.92 Å². The Bertz CT molecular complexity index is 336. The van der Waals surface area contributed by atoms with Gasteiger partial charge >= 0.3 is 12.1 Å². The molecule has 1 heterocycles. The van der Waals surface area contributed by atoms with Gasteiger partial charge in [0, 0.05) is 19.6 Å². The summed E-state index contributed by atoms with van der Waals surface area (Å²) < 4.78 is 15.1. The van der Waals surface area contributed by atoms with Crippen LogP contribution >= 0.6 is 0 Å². The predicted octanol–water partition coefficient (Wildman–Crippen LogP) is 1.43. The molecule has 6 nitrogen and oxygen atoms in total. The van der Waals surface area contributed by atoms with Gasteiger partial charge in [0.25, 0.3) is 0 Å². The van der Waals surface area contributed by atoms with Gasteiger partial charge in [0.1, 0.15) is 11.6 Å². The molecular formula is C13H23NO5. The highest BCUT2D eigenvalue weighted by atomic mass is 16.6. The summed E-state index contributed by atoms with van der Waals surface area (Å²) in [6.45, 7) is 6.33. The van der Waals surface area contributed by atoms with Gasteiger partial charge in [-0.15, -0.1) is 0 Å². The van der Waals surface area contributed by atoms with E-state index in [0.717, 1.165) is 0 Å². The molecule has 1 aliphatic heterocycles. The fourth-order valence-electron chi connectivity index (χ4n) is 2.16. The number of carbonyl (C=O) groups is 2. The van der Waals surface area contributed by atoms with Crippen LogP contribution in [0.2, 0.25) is 0 Å². The second kappa shape index (κ2) is 6.23. The summed E-state index contributed by atoms with van der Waals surface area (Å²) >= 11 is 0. The van der Waals surface area contributed by atoms with E-state index in [4.69, 9.17) is 14.2 Å². The lowest BCUT2D eigenvalue weighted by molar-refractivity contribution is -0.145. The first-order valence-electron chi connectivity index (χ1n) is 6.35. The molecule has 110 valence electrons. The molecular weight excluding hydrogens is 250 g/mol. The fourth-order valence-corrected chi connectivity index (χ4v) is 2.16. The van der Waals surface area contributed by atoms with E-state index < -0.39 is 23.7 Å². The number of hydrogen-bond donors (Lipinski definition) is 0. The second-order valence-corrected chi connectivity index (χ2v) is 5.73. The molecule has 0 saturated carbocycles. The second-order valence-electron chi connectivity index (χ2n) is 5.73. The van der Waals surface area contributed by atoms with Crippen LogP contribution in [-0.4, -0.2) is 56.0 Å². The third-order valence-electron chi connectivity index (χ3n) is 2.89. The van der Waals surface area contributed by atoms with Gasteiger partial charge in [-0.1, -0.05) is 0 Å². The molecule has 0 N–H and O–H groups in total. The zero-order chi connectivity index (χ0) is 14.6. The number of likely N-dealkylation sites (tertiary alicyclic amines) is 1. The first kappa shape index (κ1) is 15.8. The number of rotatable bonds is 3. The van der Waals surface area contributed by atoms with E-state index in [1.165, 1.54) is 12.0 Å². The number of methoxy groups -OCH3 is 2. The summed E-state index contributed by atoms with van der Waals surface area (Å²) in [6, 6.07) is -0.583. The Morgan fingerprint density at radius 3 is 2.37 bits per heavy atom. The lowest BCUT2D eigenvalue weighted by Crippen LogP contribution is -2.43. The molecule has 1 rings (SSSR count). The van der Waals surface area contributed by atoms with Crippen LogP contribution in [0, 0.1) is 5.92 Å². The number of hydrogen-bond acceptors (Lipinski definition) is 5. The SMILES string of the molecule is COC[C@H]1C[C@@H](C(=O)OC)N(C(=O)OC(C)(C)C)C1. The highest BCUT2D eigenvalue weighted by molar-refractivity contribution is 5.82. The van der Waals surface area contributed by atoms with Crippen molar-refractivity contribution < 1.29 is 23.8 Å². The first-order valence-corrected chi connectivity index (χ1v) is 6.35. The minimum absolute atomic E-state index is 0.126. The van der Waals surface area contributed by atoms with E-state index in [9.17, 15) is 9.59 Å². The summed E-state index contributed by atoms with van der Waals surface area (Å²) in [5.74, 6) is -0.286. The van der Waals surface area contributed by atoms with Crippen molar-refractivity contribution >= 4 is 12.1 Å². The van der Waals surface area contributed by atoms with Gasteiger partial charge < -0.3 is 14.2 Å². The smallest absolute Gasteiger partial charge is 0.411 e. The molecule has 0 aliphatic carbocycles. The summed E-state index contributed by atoms with van der Waals surface area (Å²) in [5, 5.41) is 0. The average molecular weight is 273 g/mol. The third kappa shape index (κ3) is 4.38. The lowest BCUT2D eigenvalue weighted by Gasteiger charge is -2.27. The quantitative estimate of drug-likeness (QED) is 0.728. The maximum Gasteiger partial charge on any atom is 0.411 e. The van der Waals surface area contributed by atoms with E-state index in [2.05, 4.69) is 0 Å². The molecule has 0 bridgehead atoms. The van der Waals surface area contributed by atoms with Crippen molar-refractivity contribution in [2.45, 2.75) is 38.8 Å². The van der Waals surface area contributed by atoms with Crippen molar-refractivity contribution in [3.8, 4) is 0 Å². The van der Waals surface area contributed by atoms with E-state index in [1.54, 1.807) is 27.9 Å². The van der Waals surface area contributed by atoms with Gasteiger partial charge in [-0.2, -0.15) is 0 Å². The molecule has 0 aromatic carbocycles. The molecule has 0 aromatic heterocycles. The number of amides is 1. The maximum absolute atomic E-state index is 12.1. The summed E-state index contributed by atoms with van der Waals surface area (Å²) in [6.07, 6.45) is 0.0567. The van der Waals surface area contributed by atoms with Gasteiger partial charge in [0.2, 0.25) is 0 Å². The van der Waals surface area contributed by atoms with E-state index in [0.29, 0.717) is 19.6 Å². The highest BCUT2D eigenvalue weighted by Crippen LogP contribution is 2.26. The Labute approximate surface area is 114 Å². The van der Waals surface area contributed by atoms with Crippen LogP contribution in [0.15, 0.2) is 0 Å². The molecule has 0 unspecified atom stereocenters. The predicted molar refractivity (Wildman–Crippen MR) is 68.7 cm³/mol. The van der Waals surface area contributed by atoms with Crippen molar-refractivity contribution in [3.05, 3.63) is 0 Å². The molecule has 2 atom stereocenters. The standard InChI is InChI=1S/C13H23NO5/c1-13(2,3)19-12(16)14-7-9(8-17-4)6-10(14)11(15)18-5/h9-10H,6-8H2,1-5H3/t9-,10-/m0/s1. The number of carbonyl (C=O) groups excluding carboxylic acids is 2. The largest absolute Gasteiger partial charge is 0.467 e. The summed E-state index contributed by atoms with van der Waals surface area (Å²) in [7, 11) is 2.92. The van der Waals surface area contributed by atoms with Crippen molar-refractivity contribution in [1.29, 1.82) is 0 Å². The van der Waals surface area contributed by atoms with Gasteiger partial charge in [-0.05, 0) is 27.2 Å². The van der Waals surface area contributed by atoms with Crippen molar-refractivity contribution in [3.63, 3.8) is 0 Å². The van der Waals surface area contributed by atoms with Crippen LogP contribution in [0.25, 0.3) is 0 Å². The number of nitrogens with zero attached hydrogens (tertiary/aromatic N) is 1. The Morgan fingerprint density at radius 2 is 1.89 bits per heavy atom. The first-order chi connectivity index (χ1) is 8.78. The average Bonchev–Trinajstić information content (AvgIpc) is 2.70. The van der Waals surface area contributed by atoms with Crippen LogP contribution in [0.1, 0.15) is 27.2 Å². The van der Waals surface area contributed by atoms with Gasteiger partial charge in [0.15, 0.2) is 0 Å². The van der Waals surface area contributed by atoms with Crippen molar-refractivity contribution in [2.75, 3.05) is 27.4 Å². The molecule has 0 spiro atoms. The van der Waals surface area contributed by atoms with Crippen LogP contribution in [0.3, 0.4) is 0 Å². The van der Waals surface area contributed by atoms with Gasteiger partial charge in [-0.3, -0.25) is 4.90 Å². The number of ether oxygens (including phenoxy) is 3. The van der Waals surface area contributed by atoms with Crippen LogP contribution in [0.5, 0.6) is 0 Å². The zero-order valence-corrected chi connectivity index (χ0v) is 12.3. The third-order valence-corrected chi connectivity index (χ3v) is 2.89. The zero-order valence-electron chi connectivity index (χ0n) is 12.3. The molecule has 1 fully saturated rings.